The third kappa shape index (κ3) is 3.78. The Hall–Kier alpha value is -1.96. The predicted molar refractivity (Wildman–Crippen MR) is 116 cm³/mol. The van der Waals surface area contributed by atoms with Gasteiger partial charge in [-0.05, 0) is 81.0 Å². The SMILES string of the molecule is CC(=O)O[C@H]1CC[C@@]2(C)[C@H](CC[C@@H]3[C@@H]2CC[C@]2(C)[C@@H](C(=O)COC(=O)C(=O)O)CC[C@]32O)C1. The Morgan fingerprint density at radius 1 is 0.939 bits per heavy atom. The fourth-order valence-electron chi connectivity index (χ4n) is 8.34. The maximum atomic E-state index is 12.9. The molecular formula is C25H36O8. The average molecular weight is 465 g/mol. The maximum Gasteiger partial charge on any atom is 0.417 e. The van der Waals surface area contributed by atoms with Crippen LogP contribution in [-0.2, 0) is 28.7 Å². The van der Waals surface area contributed by atoms with E-state index < -0.39 is 35.5 Å². The van der Waals surface area contributed by atoms with Gasteiger partial charge in [-0.25, -0.2) is 9.59 Å². The molecule has 8 nitrogen and oxygen atoms in total. The van der Waals surface area contributed by atoms with Gasteiger partial charge < -0.3 is 19.7 Å². The second kappa shape index (κ2) is 8.36. The third-order valence-corrected chi connectivity index (χ3v) is 10.0. The average Bonchev–Trinajstić information content (AvgIpc) is 3.03. The van der Waals surface area contributed by atoms with E-state index in [2.05, 4.69) is 11.7 Å². The molecule has 184 valence electrons. The summed E-state index contributed by atoms with van der Waals surface area (Å²) in [6, 6.07) is 0. The van der Waals surface area contributed by atoms with Crippen molar-refractivity contribution >= 4 is 23.7 Å². The van der Waals surface area contributed by atoms with Crippen LogP contribution < -0.4 is 0 Å². The highest BCUT2D eigenvalue weighted by Gasteiger charge is 2.68. The summed E-state index contributed by atoms with van der Waals surface area (Å²) in [6.07, 6.45) is 7.23. The van der Waals surface area contributed by atoms with Crippen LogP contribution in [0.25, 0.3) is 0 Å². The zero-order valence-electron chi connectivity index (χ0n) is 19.8. The lowest BCUT2D eigenvalue weighted by atomic mass is 9.43. The predicted octanol–water partition coefficient (Wildman–Crippen LogP) is 2.89. The smallest absolute Gasteiger partial charge is 0.417 e. The van der Waals surface area contributed by atoms with Crippen molar-refractivity contribution in [2.24, 2.45) is 34.5 Å². The van der Waals surface area contributed by atoms with Crippen molar-refractivity contribution < 1.29 is 38.9 Å². The Balaban J connectivity index is 1.50. The van der Waals surface area contributed by atoms with Crippen LogP contribution in [0.15, 0.2) is 0 Å². The molecule has 0 heterocycles. The van der Waals surface area contributed by atoms with Gasteiger partial charge in [0.15, 0.2) is 12.4 Å². The highest BCUT2D eigenvalue weighted by molar-refractivity contribution is 6.28. The Morgan fingerprint density at radius 2 is 1.67 bits per heavy atom. The molecule has 4 fully saturated rings. The van der Waals surface area contributed by atoms with Crippen molar-refractivity contribution in [2.75, 3.05) is 6.61 Å². The van der Waals surface area contributed by atoms with Crippen molar-refractivity contribution in [3.05, 3.63) is 0 Å². The van der Waals surface area contributed by atoms with Gasteiger partial charge in [-0.15, -0.1) is 0 Å². The second-order valence-electron chi connectivity index (χ2n) is 11.3. The zero-order valence-corrected chi connectivity index (χ0v) is 19.8. The van der Waals surface area contributed by atoms with Crippen LogP contribution in [0.4, 0.5) is 0 Å². The van der Waals surface area contributed by atoms with E-state index in [4.69, 9.17) is 9.84 Å². The molecule has 4 rings (SSSR count). The molecule has 0 aromatic carbocycles. The fourth-order valence-corrected chi connectivity index (χ4v) is 8.34. The first kappa shape index (κ1) is 24.2. The van der Waals surface area contributed by atoms with Crippen LogP contribution in [0.2, 0.25) is 0 Å². The summed E-state index contributed by atoms with van der Waals surface area (Å²) in [5, 5.41) is 20.8. The van der Waals surface area contributed by atoms with Gasteiger partial charge in [-0.3, -0.25) is 9.59 Å². The largest absolute Gasteiger partial charge is 0.473 e. The molecule has 0 radical (unpaired) electrons. The molecule has 2 N–H and O–H groups in total. The molecule has 0 spiro atoms. The normalized spacial score (nSPS) is 44.1. The van der Waals surface area contributed by atoms with Gasteiger partial charge in [0.05, 0.1) is 5.60 Å². The zero-order chi connectivity index (χ0) is 24.2. The van der Waals surface area contributed by atoms with E-state index in [1.54, 1.807) is 0 Å². The number of esters is 2. The van der Waals surface area contributed by atoms with Gasteiger partial charge in [0.1, 0.15) is 6.10 Å². The summed E-state index contributed by atoms with van der Waals surface area (Å²) in [4.78, 5) is 46.3. The minimum absolute atomic E-state index is 0.0175. The minimum Gasteiger partial charge on any atom is -0.473 e. The molecule has 8 atom stereocenters. The molecule has 0 bridgehead atoms. The quantitative estimate of drug-likeness (QED) is 0.480. The van der Waals surface area contributed by atoms with Gasteiger partial charge in [0, 0.05) is 18.3 Å². The number of rotatable bonds is 4. The van der Waals surface area contributed by atoms with Crippen molar-refractivity contribution in [3.63, 3.8) is 0 Å². The van der Waals surface area contributed by atoms with Gasteiger partial charge in [0.25, 0.3) is 0 Å². The number of ketones is 1. The number of fused-ring (bicyclic) bond motifs is 5. The summed E-state index contributed by atoms with van der Waals surface area (Å²) in [7, 11) is 0. The first-order valence-corrected chi connectivity index (χ1v) is 12.2. The van der Waals surface area contributed by atoms with E-state index in [-0.39, 0.29) is 29.2 Å². The number of aliphatic hydroxyl groups is 1. The Labute approximate surface area is 194 Å². The third-order valence-electron chi connectivity index (χ3n) is 10.0. The molecule has 4 aliphatic carbocycles. The van der Waals surface area contributed by atoms with E-state index >= 15 is 0 Å². The topological polar surface area (TPSA) is 127 Å². The van der Waals surface area contributed by atoms with E-state index in [9.17, 15) is 24.3 Å². The molecule has 33 heavy (non-hydrogen) atoms. The lowest BCUT2D eigenvalue weighted by Crippen LogP contribution is -2.62. The number of carboxylic acid groups (broad SMARTS) is 1. The van der Waals surface area contributed by atoms with Crippen LogP contribution >= 0.6 is 0 Å². The summed E-state index contributed by atoms with van der Waals surface area (Å²) >= 11 is 0. The summed E-state index contributed by atoms with van der Waals surface area (Å²) in [5.41, 5.74) is -1.50. The molecule has 4 saturated carbocycles. The molecule has 4 aliphatic rings. The standard InChI is InChI=1S/C25H36O8/c1-14(26)33-16-6-9-23(2)15(12-16)4-5-18-17(23)7-10-24(3)19(8-11-25(18,24)31)20(27)13-32-22(30)21(28)29/h15-19,31H,4-13H2,1-3H3,(H,28,29)/t15-,16+,17+,18-,19-,23+,24-,25+/m1/s1. The molecular weight excluding hydrogens is 428 g/mol. The van der Waals surface area contributed by atoms with Crippen molar-refractivity contribution in [2.45, 2.75) is 90.3 Å². The second-order valence-corrected chi connectivity index (χ2v) is 11.3. The fraction of sp³-hybridized carbons (Fsp3) is 0.840. The van der Waals surface area contributed by atoms with Gasteiger partial charge in [0.2, 0.25) is 0 Å². The Kier molecular flexibility index (Phi) is 6.13. The van der Waals surface area contributed by atoms with Crippen LogP contribution in [0.5, 0.6) is 0 Å². The summed E-state index contributed by atoms with van der Waals surface area (Å²) in [5.74, 6) is -3.21. The van der Waals surface area contributed by atoms with E-state index in [1.807, 2.05) is 6.92 Å². The minimum atomic E-state index is -1.72. The number of hydrogen-bond acceptors (Lipinski definition) is 7. The molecule has 0 saturated heterocycles. The van der Waals surface area contributed by atoms with Crippen LogP contribution in [-0.4, -0.2) is 52.2 Å². The number of aliphatic carboxylic acids is 1. The van der Waals surface area contributed by atoms with Gasteiger partial charge in [-0.2, -0.15) is 0 Å². The molecule has 8 heteroatoms. The summed E-state index contributed by atoms with van der Waals surface area (Å²) in [6.45, 7) is 5.23. The van der Waals surface area contributed by atoms with Crippen molar-refractivity contribution in [3.8, 4) is 0 Å². The number of carbonyl (C=O) groups is 4. The first-order valence-electron chi connectivity index (χ1n) is 12.2. The maximum absolute atomic E-state index is 12.9. The van der Waals surface area contributed by atoms with E-state index in [1.165, 1.54) is 6.92 Å². The molecule has 0 aliphatic heterocycles. The number of Topliss-reactive ketones (excluding diaryl/α,β-unsaturated/α-hetero) is 1. The molecule has 0 aromatic heterocycles. The molecule has 0 amide bonds. The van der Waals surface area contributed by atoms with Crippen molar-refractivity contribution in [1.29, 1.82) is 0 Å². The lowest BCUT2D eigenvalue weighted by molar-refractivity contribution is -0.212. The Morgan fingerprint density at radius 3 is 2.33 bits per heavy atom. The summed E-state index contributed by atoms with van der Waals surface area (Å²) < 4.78 is 10.2. The van der Waals surface area contributed by atoms with Gasteiger partial charge >= 0.3 is 17.9 Å². The van der Waals surface area contributed by atoms with Crippen LogP contribution in [0.1, 0.15) is 78.6 Å². The highest BCUT2D eigenvalue weighted by atomic mass is 16.6. The van der Waals surface area contributed by atoms with E-state index in [0.29, 0.717) is 31.1 Å². The van der Waals surface area contributed by atoms with Gasteiger partial charge in [-0.1, -0.05) is 13.8 Å². The molecule has 0 aromatic rings. The number of hydrogen-bond donors (Lipinski definition) is 2. The number of carbonyl (C=O) groups excluding carboxylic acids is 3. The first-order chi connectivity index (χ1) is 15.4. The van der Waals surface area contributed by atoms with Crippen molar-refractivity contribution in [1.82, 2.24) is 0 Å². The number of carboxylic acids is 1. The lowest BCUT2D eigenvalue weighted by Gasteiger charge is -2.63. The van der Waals surface area contributed by atoms with Crippen LogP contribution in [0.3, 0.4) is 0 Å². The molecule has 0 unspecified atom stereocenters. The highest BCUT2D eigenvalue weighted by Crippen LogP contribution is 2.69. The Bertz CT molecular complexity index is 853. The number of ether oxygens (including phenoxy) is 2. The van der Waals surface area contributed by atoms with Crippen LogP contribution in [0, 0.1) is 34.5 Å². The monoisotopic (exact) mass is 464 g/mol. The van der Waals surface area contributed by atoms with E-state index in [0.717, 1.165) is 38.5 Å².